The normalized spacial score (nSPS) is 10.5. The standard InChI is InChI=1S/C22H22ClN3O5/c1-5-31-22(28)17-12-24-26(13(17)2)16-8-6-7-15(11-16)25-21(27)14-9-18(23)20(30-4)19(10-14)29-3/h6-12H,5H2,1-4H3,(H,25,27). The number of methoxy groups -OCH3 is 2. The molecular weight excluding hydrogens is 422 g/mol. The summed E-state index contributed by atoms with van der Waals surface area (Å²) in [6.45, 7) is 3.80. The number of rotatable bonds is 7. The second-order valence-electron chi connectivity index (χ2n) is 6.47. The van der Waals surface area contributed by atoms with Gasteiger partial charge in [0.1, 0.15) is 5.56 Å². The zero-order chi connectivity index (χ0) is 22.5. The number of carbonyl (C=O) groups excluding carboxylic acids is 2. The molecule has 0 atom stereocenters. The lowest BCUT2D eigenvalue weighted by atomic mass is 10.1. The van der Waals surface area contributed by atoms with Gasteiger partial charge in [-0.25, -0.2) is 9.48 Å². The zero-order valence-corrected chi connectivity index (χ0v) is 18.3. The third kappa shape index (κ3) is 4.64. The number of ether oxygens (including phenoxy) is 3. The fourth-order valence-electron chi connectivity index (χ4n) is 3.05. The van der Waals surface area contributed by atoms with E-state index in [4.69, 9.17) is 25.8 Å². The first kappa shape index (κ1) is 22.2. The third-order valence-corrected chi connectivity index (χ3v) is 4.83. The molecule has 1 aromatic heterocycles. The maximum atomic E-state index is 12.8. The molecule has 0 aliphatic rings. The van der Waals surface area contributed by atoms with Crippen LogP contribution in [0.5, 0.6) is 11.5 Å². The number of hydrogen-bond acceptors (Lipinski definition) is 6. The number of nitrogens with zero attached hydrogens (tertiary/aromatic N) is 2. The van der Waals surface area contributed by atoms with Crippen LogP contribution in [0.4, 0.5) is 5.69 Å². The molecule has 3 rings (SSSR count). The molecule has 0 saturated carbocycles. The topological polar surface area (TPSA) is 91.7 Å². The summed E-state index contributed by atoms with van der Waals surface area (Å²) < 4.78 is 17.1. The monoisotopic (exact) mass is 443 g/mol. The van der Waals surface area contributed by atoms with Crippen LogP contribution in [0.3, 0.4) is 0 Å². The minimum absolute atomic E-state index is 0.263. The van der Waals surface area contributed by atoms with Gasteiger partial charge in [0.25, 0.3) is 5.91 Å². The van der Waals surface area contributed by atoms with Gasteiger partial charge in [0.2, 0.25) is 0 Å². The Bertz CT molecular complexity index is 1130. The van der Waals surface area contributed by atoms with Crippen molar-refractivity contribution >= 4 is 29.2 Å². The number of esters is 1. The van der Waals surface area contributed by atoms with Crippen molar-refractivity contribution in [2.45, 2.75) is 13.8 Å². The summed E-state index contributed by atoms with van der Waals surface area (Å²) in [6, 6.07) is 10.1. The summed E-state index contributed by atoms with van der Waals surface area (Å²) in [5.41, 5.74) is 2.55. The van der Waals surface area contributed by atoms with Crippen LogP contribution >= 0.6 is 11.6 Å². The van der Waals surface area contributed by atoms with Crippen molar-refractivity contribution in [1.82, 2.24) is 9.78 Å². The fraction of sp³-hybridized carbons (Fsp3) is 0.227. The van der Waals surface area contributed by atoms with Crippen molar-refractivity contribution in [3.8, 4) is 17.2 Å². The molecule has 0 unspecified atom stereocenters. The second-order valence-corrected chi connectivity index (χ2v) is 6.88. The van der Waals surface area contributed by atoms with E-state index in [9.17, 15) is 9.59 Å². The first-order valence-corrected chi connectivity index (χ1v) is 9.82. The lowest BCUT2D eigenvalue weighted by Gasteiger charge is -2.12. The lowest BCUT2D eigenvalue weighted by molar-refractivity contribution is 0.0525. The summed E-state index contributed by atoms with van der Waals surface area (Å²) in [5, 5.41) is 7.37. The number of anilines is 1. The van der Waals surface area contributed by atoms with Crippen LogP contribution in [-0.2, 0) is 4.74 Å². The molecule has 0 spiro atoms. The van der Waals surface area contributed by atoms with E-state index >= 15 is 0 Å². The van der Waals surface area contributed by atoms with Gasteiger partial charge in [-0.2, -0.15) is 5.10 Å². The molecule has 8 nitrogen and oxygen atoms in total. The van der Waals surface area contributed by atoms with Gasteiger partial charge in [-0.1, -0.05) is 17.7 Å². The number of hydrogen-bond donors (Lipinski definition) is 1. The zero-order valence-electron chi connectivity index (χ0n) is 17.6. The Kier molecular flexibility index (Phi) is 6.81. The maximum Gasteiger partial charge on any atom is 0.341 e. The number of carbonyl (C=O) groups is 2. The van der Waals surface area contributed by atoms with Crippen molar-refractivity contribution in [3.05, 3.63) is 64.4 Å². The van der Waals surface area contributed by atoms with Crippen LogP contribution in [0.25, 0.3) is 5.69 Å². The van der Waals surface area contributed by atoms with Gasteiger partial charge in [-0.05, 0) is 44.2 Å². The van der Waals surface area contributed by atoms with Crippen molar-refractivity contribution in [3.63, 3.8) is 0 Å². The summed E-state index contributed by atoms with van der Waals surface area (Å²) >= 11 is 6.20. The number of halogens is 1. The van der Waals surface area contributed by atoms with Crippen LogP contribution in [0.2, 0.25) is 5.02 Å². The molecule has 3 aromatic rings. The van der Waals surface area contributed by atoms with Crippen molar-refractivity contribution < 1.29 is 23.8 Å². The average molecular weight is 444 g/mol. The smallest absolute Gasteiger partial charge is 0.341 e. The molecule has 31 heavy (non-hydrogen) atoms. The van der Waals surface area contributed by atoms with Crippen molar-refractivity contribution in [1.29, 1.82) is 0 Å². The Hall–Kier alpha value is -3.52. The predicted molar refractivity (Wildman–Crippen MR) is 117 cm³/mol. The Morgan fingerprint density at radius 3 is 2.61 bits per heavy atom. The summed E-state index contributed by atoms with van der Waals surface area (Å²) in [7, 11) is 2.94. The van der Waals surface area contributed by atoms with Gasteiger partial charge in [-0.3, -0.25) is 4.79 Å². The van der Waals surface area contributed by atoms with Crippen LogP contribution in [0.15, 0.2) is 42.6 Å². The SMILES string of the molecule is CCOC(=O)c1cnn(-c2cccc(NC(=O)c3cc(Cl)c(OC)c(OC)c3)c2)c1C. The number of benzene rings is 2. The van der Waals surface area contributed by atoms with Crippen molar-refractivity contribution in [2.75, 3.05) is 26.1 Å². The summed E-state index contributed by atoms with van der Waals surface area (Å²) in [5.74, 6) is -0.0905. The highest BCUT2D eigenvalue weighted by Crippen LogP contribution is 2.36. The van der Waals surface area contributed by atoms with Gasteiger partial charge in [0.15, 0.2) is 11.5 Å². The number of nitrogens with one attached hydrogen (secondary N) is 1. The quantitative estimate of drug-likeness (QED) is 0.548. The minimum Gasteiger partial charge on any atom is -0.493 e. The third-order valence-electron chi connectivity index (χ3n) is 4.55. The fourth-order valence-corrected chi connectivity index (χ4v) is 3.33. The molecule has 9 heteroatoms. The lowest BCUT2D eigenvalue weighted by Crippen LogP contribution is -2.13. The van der Waals surface area contributed by atoms with Crippen LogP contribution < -0.4 is 14.8 Å². The first-order valence-electron chi connectivity index (χ1n) is 9.44. The molecule has 162 valence electrons. The predicted octanol–water partition coefficient (Wildman–Crippen LogP) is 4.28. The van der Waals surface area contributed by atoms with E-state index in [1.54, 1.807) is 42.8 Å². The molecule has 0 saturated heterocycles. The number of aromatic nitrogens is 2. The first-order chi connectivity index (χ1) is 14.9. The van der Waals surface area contributed by atoms with E-state index in [1.807, 2.05) is 6.07 Å². The highest BCUT2D eigenvalue weighted by Gasteiger charge is 2.18. The average Bonchev–Trinajstić information content (AvgIpc) is 3.14. The molecule has 0 aliphatic heterocycles. The van der Waals surface area contributed by atoms with Crippen LogP contribution in [0, 0.1) is 6.92 Å². The second kappa shape index (κ2) is 9.53. The molecule has 1 heterocycles. The largest absolute Gasteiger partial charge is 0.493 e. The molecule has 2 aromatic carbocycles. The van der Waals surface area contributed by atoms with Gasteiger partial charge in [-0.15, -0.1) is 0 Å². The maximum absolute atomic E-state index is 12.8. The molecule has 1 amide bonds. The molecule has 1 N–H and O–H groups in total. The van der Waals surface area contributed by atoms with Crippen LogP contribution in [0.1, 0.15) is 33.3 Å². The van der Waals surface area contributed by atoms with E-state index in [0.717, 1.165) is 0 Å². The van der Waals surface area contributed by atoms with Crippen molar-refractivity contribution in [2.24, 2.45) is 0 Å². The van der Waals surface area contributed by atoms with E-state index in [0.29, 0.717) is 39.7 Å². The Balaban J connectivity index is 1.86. The molecule has 0 bridgehead atoms. The van der Waals surface area contributed by atoms with E-state index in [2.05, 4.69) is 10.4 Å². The van der Waals surface area contributed by atoms with Gasteiger partial charge in [0.05, 0.1) is 43.4 Å². The highest BCUT2D eigenvalue weighted by atomic mass is 35.5. The van der Waals surface area contributed by atoms with E-state index < -0.39 is 5.97 Å². The Morgan fingerprint density at radius 1 is 1.16 bits per heavy atom. The number of amides is 1. The molecule has 0 radical (unpaired) electrons. The van der Waals surface area contributed by atoms with E-state index in [-0.39, 0.29) is 17.5 Å². The molecular formula is C22H22ClN3O5. The minimum atomic E-state index is -0.430. The molecule has 0 aliphatic carbocycles. The van der Waals surface area contributed by atoms with Crippen LogP contribution in [-0.4, -0.2) is 42.5 Å². The Morgan fingerprint density at radius 2 is 1.94 bits per heavy atom. The Labute approximate surface area is 184 Å². The molecule has 0 fully saturated rings. The summed E-state index contributed by atoms with van der Waals surface area (Å²) in [6.07, 6.45) is 1.46. The highest BCUT2D eigenvalue weighted by molar-refractivity contribution is 6.32. The van der Waals surface area contributed by atoms with E-state index in [1.165, 1.54) is 26.5 Å². The van der Waals surface area contributed by atoms with Gasteiger partial charge in [0, 0.05) is 11.3 Å². The van der Waals surface area contributed by atoms with Gasteiger partial charge >= 0.3 is 5.97 Å². The van der Waals surface area contributed by atoms with Gasteiger partial charge < -0.3 is 19.5 Å². The summed E-state index contributed by atoms with van der Waals surface area (Å²) in [4.78, 5) is 24.8.